The third-order valence-electron chi connectivity index (χ3n) is 8.31. The zero-order valence-corrected chi connectivity index (χ0v) is 31.4. The molecule has 0 radical (unpaired) electrons. The molecule has 0 unspecified atom stereocenters. The molecule has 18 heteroatoms. The summed E-state index contributed by atoms with van der Waals surface area (Å²) >= 11 is 2.52. The van der Waals surface area contributed by atoms with Crippen LogP contribution in [0, 0.1) is 6.57 Å². The van der Waals surface area contributed by atoms with Crippen molar-refractivity contribution in [3.63, 3.8) is 0 Å². The number of ether oxygens (including phenoxy) is 2. The normalized spacial score (nSPS) is 17.0. The topological polar surface area (TPSA) is 242 Å². The van der Waals surface area contributed by atoms with Gasteiger partial charge in [0.2, 0.25) is 5.69 Å². The molecule has 0 aliphatic carbocycles. The van der Waals surface area contributed by atoms with Crippen molar-refractivity contribution in [3.05, 3.63) is 72.8 Å². The van der Waals surface area contributed by atoms with Gasteiger partial charge in [0.15, 0.2) is 6.29 Å². The average Bonchev–Trinajstić information content (AvgIpc) is 3.80. The van der Waals surface area contributed by atoms with Gasteiger partial charge in [-0.3, -0.25) is 34.2 Å². The lowest BCUT2D eigenvalue weighted by Gasteiger charge is -2.41. The van der Waals surface area contributed by atoms with Gasteiger partial charge in [-0.05, 0) is 66.5 Å². The summed E-state index contributed by atoms with van der Waals surface area (Å²) in [6.07, 6.45) is 4.08. The van der Waals surface area contributed by atoms with Crippen LogP contribution in [0.25, 0.3) is 4.85 Å². The molecule has 282 valence electrons. The maximum atomic E-state index is 12.5. The number of carbonyl (C=O) groups is 5. The van der Waals surface area contributed by atoms with Gasteiger partial charge < -0.3 is 31.6 Å². The van der Waals surface area contributed by atoms with Crippen LogP contribution in [0.3, 0.4) is 0 Å². The summed E-state index contributed by atoms with van der Waals surface area (Å²) in [5.74, 6) is -2.34. The van der Waals surface area contributed by atoms with E-state index in [9.17, 15) is 24.0 Å². The molecule has 0 atom stereocenters. The molecule has 0 fully saturated rings. The highest BCUT2D eigenvalue weighted by atomic mass is 32.1. The van der Waals surface area contributed by atoms with E-state index in [2.05, 4.69) is 35.9 Å². The lowest BCUT2D eigenvalue weighted by molar-refractivity contribution is -0.136. The molecule has 0 bridgehead atoms. The first-order valence-electron chi connectivity index (χ1n) is 16.0. The van der Waals surface area contributed by atoms with Gasteiger partial charge in [0, 0.05) is 22.6 Å². The maximum Gasteiger partial charge on any atom is 0.275 e. The Morgan fingerprint density at radius 2 is 1.21 bits per heavy atom. The number of aldehydes is 1. The van der Waals surface area contributed by atoms with E-state index in [1.54, 1.807) is 0 Å². The van der Waals surface area contributed by atoms with Crippen LogP contribution in [0.15, 0.2) is 12.4 Å². The summed E-state index contributed by atoms with van der Waals surface area (Å²) in [6, 6.07) is 0. The first-order valence-corrected chi connectivity index (χ1v) is 17.6. The van der Waals surface area contributed by atoms with E-state index >= 15 is 0 Å². The third-order valence-corrected chi connectivity index (χ3v) is 11.2. The van der Waals surface area contributed by atoms with Crippen LogP contribution < -0.4 is 22.1 Å². The third kappa shape index (κ3) is 7.93. The molecule has 0 saturated heterocycles. The molecule has 16 nitrogen and oxygen atoms in total. The van der Waals surface area contributed by atoms with Gasteiger partial charge in [0.25, 0.3) is 23.6 Å². The summed E-state index contributed by atoms with van der Waals surface area (Å²) in [6.45, 7) is 22.5. The first kappa shape index (κ1) is 40.5. The average molecular weight is 766 g/mol. The minimum absolute atomic E-state index is 0. The second kappa shape index (κ2) is 14.3. The number of hydrogen-bond donors (Lipinski definition) is 6. The molecule has 0 aromatic carbocycles. The highest BCUT2D eigenvalue weighted by Crippen LogP contribution is 2.49. The molecule has 2 aliphatic rings. The number of aromatic nitrogens is 4. The number of fused-ring (bicyclic) bond motifs is 2. The van der Waals surface area contributed by atoms with Crippen molar-refractivity contribution in [1.82, 2.24) is 20.4 Å². The monoisotopic (exact) mass is 765 g/mol. The Morgan fingerprint density at radius 3 is 1.62 bits per heavy atom. The number of H-pyrrole nitrogens is 2. The zero-order valence-electron chi connectivity index (χ0n) is 29.8. The number of amides is 4. The van der Waals surface area contributed by atoms with Crippen LogP contribution in [-0.2, 0) is 33.5 Å². The molecular formula is C35H43N9O7S2. The van der Waals surface area contributed by atoms with Gasteiger partial charge in [-0.15, -0.1) is 22.7 Å². The van der Waals surface area contributed by atoms with Crippen LogP contribution >= 0.6 is 22.7 Å². The Kier molecular flexibility index (Phi) is 10.9. The fourth-order valence-corrected chi connectivity index (χ4v) is 9.28. The predicted molar refractivity (Wildman–Crippen MR) is 201 cm³/mol. The summed E-state index contributed by atoms with van der Waals surface area (Å²) in [4.78, 5) is 65.3. The molecule has 0 saturated carbocycles. The number of aromatic amines is 2. The number of anilines is 2. The van der Waals surface area contributed by atoms with Crippen molar-refractivity contribution in [2.75, 3.05) is 10.6 Å². The molecule has 6 rings (SSSR count). The summed E-state index contributed by atoms with van der Waals surface area (Å²) in [5, 5.41) is 18.5. The van der Waals surface area contributed by atoms with E-state index < -0.39 is 46.0 Å². The highest BCUT2D eigenvalue weighted by molar-refractivity contribution is 7.17. The summed E-state index contributed by atoms with van der Waals surface area (Å²) in [5.41, 5.74) is 11.5. The smallest absolute Gasteiger partial charge is 0.275 e. The Hall–Kier alpha value is -5.22. The molecule has 6 heterocycles. The quantitative estimate of drug-likeness (QED) is 0.0980. The van der Waals surface area contributed by atoms with Crippen molar-refractivity contribution in [2.45, 2.75) is 98.1 Å². The van der Waals surface area contributed by atoms with Crippen molar-refractivity contribution < 1.29 is 33.4 Å². The van der Waals surface area contributed by atoms with E-state index in [0.29, 0.717) is 34.7 Å². The molecule has 0 spiro atoms. The van der Waals surface area contributed by atoms with Gasteiger partial charge in [-0.1, -0.05) is 7.43 Å². The number of nitrogens with two attached hydrogens (primary N) is 2. The molecule has 8 N–H and O–H groups in total. The molecule has 4 aromatic heterocycles. The van der Waals surface area contributed by atoms with Gasteiger partial charge in [0.1, 0.15) is 21.4 Å². The fraction of sp³-hybridized carbons (Fsp3) is 0.429. The van der Waals surface area contributed by atoms with Crippen LogP contribution in [0.1, 0.15) is 136 Å². The molecule has 2 aliphatic heterocycles. The second-order valence-corrected chi connectivity index (χ2v) is 16.6. The lowest BCUT2D eigenvalue weighted by Crippen LogP contribution is -2.42. The standard InChI is InChI=1S/C17H19N5O3S.C17H20N4O4S.CH4/c1-16(2)6-8-10(13(18)23)15(26-12(8)17(3,4)25-16)21-14(24)11-9(19-5)7-20-22-11;1-16(2)5-9-10(13(18)23)15(26-12(9)17(3,4)25-16)20-14(24)11-8(7-22)6-19-21-11;/h7H,6H2,1-4H3,(H2,18,23)(H,20,22)(H,21,24);6-7H,5H2,1-4H3,(H2,18,23)(H,19,21)(H,20,24);1H4. The van der Waals surface area contributed by atoms with Crippen LogP contribution in [-0.4, -0.2) is 61.5 Å². The number of primary amides is 2. The van der Waals surface area contributed by atoms with Crippen LogP contribution in [0.2, 0.25) is 0 Å². The number of nitrogens with one attached hydrogen (secondary N) is 4. The lowest BCUT2D eigenvalue weighted by atomic mass is 9.86. The minimum Gasteiger partial charge on any atom is -0.365 e. The number of rotatable bonds is 7. The van der Waals surface area contributed by atoms with Gasteiger partial charge >= 0.3 is 0 Å². The van der Waals surface area contributed by atoms with Crippen LogP contribution in [0.4, 0.5) is 15.7 Å². The highest BCUT2D eigenvalue weighted by Gasteiger charge is 2.44. The van der Waals surface area contributed by atoms with Gasteiger partial charge in [-0.25, -0.2) is 4.85 Å². The molecule has 53 heavy (non-hydrogen) atoms. The zero-order chi connectivity index (χ0) is 38.6. The largest absolute Gasteiger partial charge is 0.365 e. The fourth-order valence-electron chi connectivity index (χ4n) is 6.77. The van der Waals surface area contributed by atoms with E-state index in [4.69, 9.17) is 27.5 Å². The van der Waals surface area contributed by atoms with Gasteiger partial charge in [-0.2, -0.15) is 10.2 Å². The molecule has 4 aromatic rings. The minimum atomic E-state index is -0.628. The van der Waals surface area contributed by atoms with E-state index in [0.717, 1.165) is 20.9 Å². The van der Waals surface area contributed by atoms with E-state index in [1.807, 2.05) is 55.4 Å². The summed E-state index contributed by atoms with van der Waals surface area (Å²) < 4.78 is 12.3. The molecular weight excluding hydrogens is 723 g/mol. The summed E-state index contributed by atoms with van der Waals surface area (Å²) in [7, 11) is 0. The van der Waals surface area contributed by atoms with Crippen molar-refractivity contribution in [1.29, 1.82) is 0 Å². The number of thiophene rings is 2. The Bertz CT molecular complexity index is 2160. The first-order chi connectivity index (χ1) is 24.1. The number of hydrogen-bond acceptors (Lipinski definition) is 11. The number of carbonyl (C=O) groups excluding carboxylic acids is 5. The number of nitrogens with zero attached hydrogens (tertiary/aromatic N) is 3. The van der Waals surface area contributed by atoms with Crippen molar-refractivity contribution >= 4 is 68.3 Å². The van der Waals surface area contributed by atoms with E-state index in [1.165, 1.54) is 35.1 Å². The van der Waals surface area contributed by atoms with E-state index in [-0.39, 0.29) is 35.6 Å². The van der Waals surface area contributed by atoms with Crippen LogP contribution in [0.5, 0.6) is 0 Å². The maximum absolute atomic E-state index is 12.5. The Balaban J connectivity index is 0.000000232. The predicted octanol–water partition coefficient (Wildman–Crippen LogP) is 5.82. The van der Waals surface area contributed by atoms with Gasteiger partial charge in [0.05, 0.1) is 58.1 Å². The van der Waals surface area contributed by atoms with Crippen molar-refractivity contribution in [3.8, 4) is 0 Å². The SMILES string of the molecule is C.CC1(C)Cc2c(sc(NC(=O)c3[nH]ncc3C=O)c2C(N)=O)C(C)(C)O1.[C-]#[N+]c1cn[nH]c1C(=O)Nc1sc2c(c1C(N)=O)CC(C)(C)OC2(C)C. The Labute approximate surface area is 314 Å². The van der Waals surface area contributed by atoms with Crippen molar-refractivity contribution in [2.24, 2.45) is 11.5 Å². The Morgan fingerprint density at radius 1 is 0.792 bits per heavy atom. The molecule has 4 amide bonds. The second-order valence-electron chi connectivity index (χ2n) is 14.5.